The normalized spacial score (nSPS) is 29.7. The maximum atomic E-state index is 13.8. The van der Waals surface area contributed by atoms with E-state index in [1.807, 2.05) is 0 Å². The van der Waals surface area contributed by atoms with Gasteiger partial charge in [-0.3, -0.25) is 0 Å². The van der Waals surface area contributed by atoms with Crippen LogP contribution in [-0.2, 0) is 6.42 Å². The van der Waals surface area contributed by atoms with Crippen molar-refractivity contribution in [3.8, 4) is 0 Å². The van der Waals surface area contributed by atoms with Crippen molar-refractivity contribution < 1.29 is 9.50 Å². The van der Waals surface area contributed by atoms with Crippen molar-refractivity contribution in [3.05, 3.63) is 33.5 Å². The molecule has 1 aromatic carbocycles. The molecule has 0 spiro atoms. The third-order valence-electron chi connectivity index (χ3n) is 4.04. The molecule has 0 saturated carbocycles. The SMILES string of the molecule is O[C@@]1(CN[C@H]2CCc3c(F)ccc(Br)c32)CCSC1. The van der Waals surface area contributed by atoms with Gasteiger partial charge in [-0.1, -0.05) is 15.9 Å². The summed E-state index contributed by atoms with van der Waals surface area (Å²) in [4.78, 5) is 0. The van der Waals surface area contributed by atoms with E-state index in [2.05, 4.69) is 21.2 Å². The molecule has 1 saturated heterocycles. The van der Waals surface area contributed by atoms with Crippen LogP contribution in [0.15, 0.2) is 16.6 Å². The van der Waals surface area contributed by atoms with Crippen molar-refractivity contribution in [2.45, 2.75) is 30.9 Å². The summed E-state index contributed by atoms with van der Waals surface area (Å²) in [6, 6.07) is 3.44. The molecular formula is C14H17BrFNOS. The summed E-state index contributed by atoms with van der Waals surface area (Å²) in [7, 11) is 0. The zero-order chi connectivity index (χ0) is 13.5. The summed E-state index contributed by atoms with van der Waals surface area (Å²) in [6.45, 7) is 0.590. The summed E-state index contributed by atoms with van der Waals surface area (Å²) >= 11 is 5.31. The Kier molecular flexibility index (Phi) is 3.91. The minimum Gasteiger partial charge on any atom is -0.388 e. The molecule has 1 fully saturated rings. The Morgan fingerprint density at radius 1 is 1.53 bits per heavy atom. The second kappa shape index (κ2) is 5.35. The molecule has 2 nitrogen and oxygen atoms in total. The van der Waals surface area contributed by atoms with Crippen molar-refractivity contribution in [1.82, 2.24) is 5.32 Å². The highest BCUT2D eigenvalue weighted by molar-refractivity contribution is 9.10. The molecule has 1 aliphatic carbocycles. The summed E-state index contributed by atoms with van der Waals surface area (Å²) in [5, 5.41) is 13.8. The molecule has 0 amide bonds. The van der Waals surface area contributed by atoms with Crippen LogP contribution < -0.4 is 5.32 Å². The van der Waals surface area contributed by atoms with Crippen LogP contribution in [0.5, 0.6) is 0 Å². The molecule has 1 heterocycles. The predicted molar refractivity (Wildman–Crippen MR) is 80.1 cm³/mol. The average Bonchev–Trinajstić information content (AvgIpc) is 2.99. The highest BCUT2D eigenvalue weighted by Gasteiger charge is 2.34. The lowest BCUT2D eigenvalue weighted by Gasteiger charge is -2.25. The van der Waals surface area contributed by atoms with E-state index < -0.39 is 5.60 Å². The molecular weight excluding hydrogens is 329 g/mol. The van der Waals surface area contributed by atoms with E-state index in [1.165, 1.54) is 6.07 Å². The molecule has 104 valence electrons. The molecule has 0 bridgehead atoms. The molecule has 1 aliphatic heterocycles. The fraction of sp³-hybridized carbons (Fsp3) is 0.571. The highest BCUT2D eigenvalue weighted by Crippen LogP contribution is 2.38. The van der Waals surface area contributed by atoms with Gasteiger partial charge in [-0.05, 0) is 48.3 Å². The first-order valence-corrected chi connectivity index (χ1v) is 8.54. The highest BCUT2D eigenvalue weighted by atomic mass is 79.9. The molecule has 0 radical (unpaired) electrons. The summed E-state index contributed by atoms with van der Waals surface area (Å²) in [5.41, 5.74) is 1.27. The van der Waals surface area contributed by atoms with E-state index in [0.29, 0.717) is 6.54 Å². The smallest absolute Gasteiger partial charge is 0.126 e. The van der Waals surface area contributed by atoms with Crippen molar-refractivity contribution >= 4 is 27.7 Å². The Labute approximate surface area is 125 Å². The van der Waals surface area contributed by atoms with Gasteiger partial charge >= 0.3 is 0 Å². The number of benzene rings is 1. The van der Waals surface area contributed by atoms with Crippen LogP contribution in [0.25, 0.3) is 0 Å². The molecule has 2 aliphatic rings. The van der Waals surface area contributed by atoms with E-state index in [4.69, 9.17) is 0 Å². The molecule has 5 heteroatoms. The number of nitrogens with one attached hydrogen (secondary N) is 1. The van der Waals surface area contributed by atoms with Crippen LogP contribution in [-0.4, -0.2) is 28.8 Å². The van der Waals surface area contributed by atoms with Gasteiger partial charge in [-0.25, -0.2) is 4.39 Å². The number of hydrogen-bond donors (Lipinski definition) is 2. The topological polar surface area (TPSA) is 32.3 Å². The van der Waals surface area contributed by atoms with E-state index in [1.54, 1.807) is 17.8 Å². The van der Waals surface area contributed by atoms with Gasteiger partial charge in [0.15, 0.2) is 0 Å². The minimum absolute atomic E-state index is 0.113. The van der Waals surface area contributed by atoms with Gasteiger partial charge in [0, 0.05) is 22.8 Å². The largest absolute Gasteiger partial charge is 0.388 e. The van der Waals surface area contributed by atoms with Gasteiger partial charge in [0.2, 0.25) is 0 Å². The van der Waals surface area contributed by atoms with Crippen LogP contribution in [0.3, 0.4) is 0 Å². The third kappa shape index (κ3) is 2.71. The third-order valence-corrected chi connectivity index (χ3v) is 5.96. The number of aliphatic hydroxyl groups is 1. The maximum absolute atomic E-state index is 13.8. The van der Waals surface area contributed by atoms with Crippen molar-refractivity contribution in [1.29, 1.82) is 0 Å². The second-order valence-electron chi connectivity index (χ2n) is 5.42. The van der Waals surface area contributed by atoms with Crippen LogP contribution in [0, 0.1) is 5.82 Å². The molecule has 19 heavy (non-hydrogen) atoms. The molecule has 3 rings (SSSR count). The number of fused-ring (bicyclic) bond motifs is 1. The van der Waals surface area contributed by atoms with Gasteiger partial charge < -0.3 is 10.4 Å². The Hall–Kier alpha value is -0.100. The number of rotatable bonds is 3. The standard InChI is InChI=1S/C14H17BrFNOS/c15-10-2-3-11(16)9-1-4-12(13(9)10)17-7-14(18)5-6-19-8-14/h2-3,12,17-18H,1,4-8H2/t12-,14+/m0/s1. The Bertz CT molecular complexity index is 491. The van der Waals surface area contributed by atoms with Crippen LogP contribution in [0.1, 0.15) is 30.0 Å². The average molecular weight is 346 g/mol. The number of hydrogen-bond acceptors (Lipinski definition) is 3. The van der Waals surface area contributed by atoms with Gasteiger partial charge in [0.25, 0.3) is 0 Å². The Morgan fingerprint density at radius 3 is 3.11 bits per heavy atom. The van der Waals surface area contributed by atoms with Crippen LogP contribution >= 0.6 is 27.7 Å². The first-order chi connectivity index (χ1) is 9.09. The summed E-state index contributed by atoms with van der Waals surface area (Å²) < 4.78 is 14.7. The van der Waals surface area contributed by atoms with Crippen LogP contribution in [0.2, 0.25) is 0 Å². The zero-order valence-corrected chi connectivity index (χ0v) is 13.0. The zero-order valence-electron chi connectivity index (χ0n) is 10.6. The monoisotopic (exact) mass is 345 g/mol. The molecule has 0 aromatic heterocycles. The molecule has 2 atom stereocenters. The fourth-order valence-corrected chi connectivity index (χ4v) is 4.87. The molecule has 1 aromatic rings. The van der Waals surface area contributed by atoms with Crippen molar-refractivity contribution in [2.24, 2.45) is 0 Å². The quantitative estimate of drug-likeness (QED) is 0.883. The second-order valence-corrected chi connectivity index (χ2v) is 7.38. The van der Waals surface area contributed by atoms with Crippen molar-refractivity contribution in [2.75, 3.05) is 18.1 Å². The summed E-state index contributed by atoms with van der Waals surface area (Å²) in [5.74, 6) is 1.71. The number of thioether (sulfide) groups is 1. The fourth-order valence-electron chi connectivity index (χ4n) is 2.93. The minimum atomic E-state index is -0.590. The Morgan fingerprint density at radius 2 is 2.37 bits per heavy atom. The maximum Gasteiger partial charge on any atom is 0.126 e. The van der Waals surface area contributed by atoms with Gasteiger partial charge in [-0.15, -0.1) is 0 Å². The van der Waals surface area contributed by atoms with E-state index >= 15 is 0 Å². The van der Waals surface area contributed by atoms with E-state index in [9.17, 15) is 9.50 Å². The molecule has 0 unspecified atom stereocenters. The van der Waals surface area contributed by atoms with Gasteiger partial charge in [0.05, 0.1) is 5.60 Å². The lowest BCUT2D eigenvalue weighted by Crippen LogP contribution is -2.41. The predicted octanol–water partition coefficient (Wildman–Crippen LogP) is 3.03. The number of halogens is 2. The first-order valence-electron chi connectivity index (χ1n) is 6.59. The van der Waals surface area contributed by atoms with Crippen LogP contribution in [0.4, 0.5) is 4.39 Å². The van der Waals surface area contributed by atoms with E-state index in [-0.39, 0.29) is 11.9 Å². The molecule has 2 N–H and O–H groups in total. The lowest BCUT2D eigenvalue weighted by atomic mass is 10.0. The lowest BCUT2D eigenvalue weighted by molar-refractivity contribution is 0.0645. The first kappa shape index (κ1) is 13.9. The van der Waals surface area contributed by atoms with Gasteiger partial charge in [0.1, 0.15) is 5.82 Å². The van der Waals surface area contributed by atoms with Crippen molar-refractivity contribution in [3.63, 3.8) is 0 Å². The summed E-state index contributed by atoms with van der Waals surface area (Å²) in [6.07, 6.45) is 2.51. The van der Waals surface area contributed by atoms with Gasteiger partial charge in [-0.2, -0.15) is 11.8 Å². The van der Waals surface area contributed by atoms with E-state index in [0.717, 1.165) is 46.4 Å². The Balaban J connectivity index is 1.74.